The van der Waals surface area contributed by atoms with E-state index in [0.717, 1.165) is 50.7 Å². The highest BCUT2D eigenvalue weighted by Gasteiger charge is 2.26. The van der Waals surface area contributed by atoms with Gasteiger partial charge in [0, 0.05) is 32.6 Å². The summed E-state index contributed by atoms with van der Waals surface area (Å²) in [6, 6.07) is 3.90. The molecule has 2 aliphatic heterocycles. The van der Waals surface area contributed by atoms with E-state index in [1.54, 1.807) is 10.8 Å². The number of carbonyl (C=O) groups excluding carboxylic acids is 1. The van der Waals surface area contributed by atoms with Gasteiger partial charge in [-0.25, -0.2) is 0 Å². The van der Waals surface area contributed by atoms with Gasteiger partial charge in [0.05, 0.1) is 0 Å². The molecule has 0 aromatic carbocycles. The summed E-state index contributed by atoms with van der Waals surface area (Å²) in [6.45, 7) is 7.57. The van der Waals surface area contributed by atoms with E-state index in [4.69, 9.17) is 0 Å². The van der Waals surface area contributed by atoms with Crippen molar-refractivity contribution in [3.63, 3.8) is 0 Å². The minimum atomic E-state index is 0. The lowest BCUT2D eigenvalue weighted by Gasteiger charge is -2.36. The van der Waals surface area contributed by atoms with Crippen molar-refractivity contribution in [1.82, 2.24) is 30.0 Å². The molecule has 4 heterocycles. The number of carbonyl (C=O) groups is 1. The third-order valence-electron chi connectivity index (χ3n) is 5.79. The molecule has 2 aromatic heterocycles. The zero-order chi connectivity index (χ0) is 17.9. The molecule has 2 saturated heterocycles. The number of halogens is 2. The van der Waals surface area contributed by atoms with Crippen LogP contribution < -0.4 is 10.2 Å². The van der Waals surface area contributed by atoms with E-state index in [1.165, 1.54) is 12.8 Å². The minimum Gasteiger partial charge on any atom is -0.352 e. The summed E-state index contributed by atoms with van der Waals surface area (Å²) in [7, 11) is 0. The minimum absolute atomic E-state index is 0. The van der Waals surface area contributed by atoms with Crippen LogP contribution in [0.1, 0.15) is 26.2 Å². The van der Waals surface area contributed by atoms with Crippen LogP contribution in [0.2, 0.25) is 0 Å². The predicted molar refractivity (Wildman–Crippen MR) is 113 cm³/mol. The van der Waals surface area contributed by atoms with Gasteiger partial charge in [0.15, 0.2) is 5.65 Å². The molecular weight excluding hydrogens is 401 g/mol. The molecule has 2 fully saturated rings. The van der Waals surface area contributed by atoms with Gasteiger partial charge in [-0.15, -0.1) is 40.1 Å². The van der Waals surface area contributed by atoms with E-state index in [9.17, 15) is 4.79 Å². The molecule has 0 bridgehead atoms. The molecule has 10 heteroatoms. The standard InChI is InChI=1S/C18H27N7O.2ClH/c1-14(15-4-6-19-7-5-15)12-18(26)24-10-8-23(9-11-24)17-3-2-16-21-20-13-25(16)22-17;;/h2-3,13-15,19H,4-12H2,1H3;2*1H. The maximum Gasteiger partial charge on any atom is 0.222 e. The molecule has 1 unspecified atom stereocenters. The van der Waals surface area contributed by atoms with E-state index in [2.05, 4.69) is 32.4 Å². The van der Waals surface area contributed by atoms with Crippen molar-refractivity contribution in [3.8, 4) is 0 Å². The third-order valence-corrected chi connectivity index (χ3v) is 5.79. The van der Waals surface area contributed by atoms with Crippen LogP contribution >= 0.6 is 24.8 Å². The summed E-state index contributed by atoms with van der Waals surface area (Å²) in [5, 5.41) is 15.8. The fraction of sp³-hybridized carbons (Fsp3) is 0.667. The van der Waals surface area contributed by atoms with E-state index >= 15 is 0 Å². The average molecular weight is 430 g/mol. The Labute approximate surface area is 177 Å². The second kappa shape index (κ2) is 10.2. The Balaban J connectivity index is 0.00000140. The fourth-order valence-corrected chi connectivity index (χ4v) is 4.06. The number of rotatable bonds is 4. The predicted octanol–water partition coefficient (Wildman–Crippen LogP) is 1.64. The molecule has 0 radical (unpaired) electrons. The number of piperidine rings is 1. The lowest BCUT2D eigenvalue weighted by atomic mass is 9.84. The monoisotopic (exact) mass is 429 g/mol. The van der Waals surface area contributed by atoms with Gasteiger partial charge in [-0.2, -0.15) is 4.52 Å². The Kier molecular flexibility index (Phi) is 8.27. The molecule has 0 aliphatic carbocycles. The SMILES string of the molecule is CC(CC(=O)N1CCN(c2ccc3nncn3n2)CC1)C1CCNCC1.Cl.Cl. The molecule has 1 atom stereocenters. The van der Waals surface area contributed by atoms with Gasteiger partial charge in [-0.3, -0.25) is 4.79 Å². The van der Waals surface area contributed by atoms with E-state index in [-0.39, 0.29) is 24.8 Å². The largest absolute Gasteiger partial charge is 0.352 e. The summed E-state index contributed by atoms with van der Waals surface area (Å²) in [4.78, 5) is 16.9. The van der Waals surface area contributed by atoms with Crippen molar-refractivity contribution in [3.05, 3.63) is 18.5 Å². The molecule has 156 valence electrons. The summed E-state index contributed by atoms with van der Waals surface area (Å²) < 4.78 is 1.69. The number of nitrogens with zero attached hydrogens (tertiary/aromatic N) is 6. The molecule has 0 spiro atoms. The van der Waals surface area contributed by atoms with E-state index in [0.29, 0.717) is 24.2 Å². The van der Waals surface area contributed by atoms with Crippen LogP contribution in [-0.2, 0) is 4.79 Å². The first-order valence-corrected chi connectivity index (χ1v) is 9.61. The Morgan fingerprint density at radius 2 is 1.89 bits per heavy atom. The van der Waals surface area contributed by atoms with Crippen LogP contribution in [0.25, 0.3) is 5.65 Å². The topological polar surface area (TPSA) is 78.7 Å². The molecular formula is C18H29Cl2N7O. The quantitative estimate of drug-likeness (QED) is 0.795. The number of hydrogen-bond acceptors (Lipinski definition) is 6. The summed E-state index contributed by atoms with van der Waals surface area (Å²) >= 11 is 0. The van der Waals surface area contributed by atoms with Crippen LogP contribution in [0.4, 0.5) is 5.82 Å². The van der Waals surface area contributed by atoms with Gasteiger partial charge in [0.2, 0.25) is 5.91 Å². The molecule has 4 rings (SSSR count). The van der Waals surface area contributed by atoms with Gasteiger partial charge >= 0.3 is 0 Å². The van der Waals surface area contributed by atoms with Gasteiger partial charge < -0.3 is 15.1 Å². The van der Waals surface area contributed by atoms with Crippen molar-refractivity contribution in [2.24, 2.45) is 11.8 Å². The number of fused-ring (bicyclic) bond motifs is 1. The highest BCUT2D eigenvalue weighted by Crippen LogP contribution is 2.25. The van der Waals surface area contributed by atoms with Crippen molar-refractivity contribution >= 4 is 42.2 Å². The molecule has 2 aromatic rings. The number of anilines is 1. The Morgan fingerprint density at radius 1 is 1.18 bits per heavy atom. The molecule has 8 nitrogen and oxygen atoms in total. The molecule has 1 N–H and O–H groups in total. The number of aromatic nitrogens is 4. The van der Waals surface area contributed by atoms with Crippen LogP contribution in [0, 0.1) is 11.8 Å². The Bertz CT molecular complexity index is 757. The van der Waals surface area contributed by atoms with Gasteiger partial charge in [-0.1, -0.05) is 6.92 Å². The molecule has 0 saturated carbocycles. The molecule has 28 heavy (non-hydrogen) atoms. The summed E-state index contributed by atoms with van der Waals surface area (Å²) in [6.07, 6.45) is 4.68. The fourth-order valence-electron chi connectivity index (χ4n) is 4.06. The molecule has 1 amide bonds. The highest BCUT2D eigenvalue weighted by atomic mass is 35.5. The third kappa shape index (κ3) is 5.04. The first-order chi connectivity index (χ1) is 12.7. The average Bonchev–Trinajstić information content (AvgIpc) is 3.16. The lowest BCUT2D eigenvalue weighted by Crippen LogP contribution is -2.49. The summed E-state index contributed by atoms with van der Waals surface area (Å²) in [5.74, 6) is 2.37. The molecule has 2 aliphatic rings. The van der Waals surface area contributed by atoms with Crippen LogP contribution in [0.3, 0.4) is 0 Å². The van der Waals surface area contributed by atoms with Crippen LogP contribution in [0.5, 0.6) is 0 Å². The smallest absolute Gasteiger partial charge is 0.222 e. The number of nitrogens with one attached hydrogen (secondary N) is 1. The Hall–Kier alpha value is -1.64. The normalized spacial score (nSPS) is 19.0. The summed E-state index contributed by atoms with van der Waals surface area (Å²) in [5.41, 5.74) is 0.745. The number of amides is 1. The number of piperazine rings is 1. The van der Waals surface area contributed by atoms with Crippen molar-refractivity contribution in [2.75, 3.05) is 44.2 Å². The first-order valence-electron chi connectivity index (χ1n) is 9.61. The van der Waals surface area contributed by atoms with E-state index in [1.807, 2.05) is 17.0 Å². The Morgan fingerprint density at radius 3 is 2.61 bits per heavy atom. The zero-order valence-corrected chi connectivity index (χ0v) is 17.8. The van der Waals surface area contributed by atoms with Gasteiger partial charge in [-0.05, 0) is 49.9 Å². The second-order valence-electron chi connectivity index (χ2n) is 7.46. The van der Waals surface area contributed by atoms with Gasteiger partial charge in [0.1, 0.15) is 12.1 Å². The maximum absolute atomic E-state index is 12.7. The van der Waals surface area contributed by atoms with Gasteiger partial charge in [0.25, 0.3) is 0 Å². The van der Waals surface area contributed by atoms with Crippen LogP contribution in [0.15, 0.2) is 18.5 Å². The van der Waals surface area contributed by atoms with Crippen molar-refractivity contribution < 1.29 is 4.79 Å². The van der Waals surface area contributed by atoms with Crippen molar-refractivity contribution in [1.29, 1.82) is 0 Å². The van der Waals surface area contributed by atoms with E-state index < -0.39 is 0 Å². The maximum atomic E-state index is 12.7. The first kappa shape index (κ1) is 22.6. The lowest BCUT2D eigenvalue weighted by molar-refractivity contribution is -0.132. The second-order valence-corrected chi connectivity index (χ2v) is 7.46. The van der Waals surface area contributed by atoms with Crippen LogP contribution in [-0.4, -0.2) is 69.9 Å². The number of hydrogen-bond donors (Lipinski definition) is 1. The van der Waals surface area contributed by atoms with Crippen molar-refractivity contribution in [2.45, 2.75) is 26.2 Å². The highest BCUT2D eigenvalue weighted by molar-refractivity contribution is 5.85. The zero-order valence-electron chi connectivity index (χ0n) is 16.2.